The van der Waals surface area contributed by atoms with Crippen LogP contribution in [0, 0.1) is 13.8 Å². The number of anilines is 1. The highest BCUT2D eigenvalue weighted by molar-refractivity contribution is 5.87. The van der Waals surface area contributed by atoms with Crippen LogP contribution < -0.4 is 5.32 Å². The van der Waals surface area contributed by atoms with Crippen LogP contribution in [0.3, 0.4) is 0 Å². The molecule has 5 heteroatoms. The highest BCUT2D eigenvalue weighted by atomic mass is 15.1. The van der Waals surface area contributed by atoms with Crippen molar-refractivity contribution in [2.45, 2.75) is 27.7 Å². The highest BCUT2D eigenvalue weighted by Crippen LogP contribution is 2.20. The Morgan fingerprint density at radius 2 is 1.95 bits per heavy atom. The zero-order valence-electron chi connectivity index (χ0n) is 12.2. The number of likely N-dealkylation sites (N-methyl/N-ethyl adjacent to an activating group) is 1. The molecule has 5 nitrogen and oxygen atoms in total. The van der Waals surface area contributed by atoms with Crippen LogP contribution in [0.2, 0.25) is 0 Å². The molecule has 0 radical (unpaired) electrons. The summed E-state index contributed by atoms with van der Waals surface area (Å²) in [6.45, 7) is 12.4. The molecule has 0 aliphatic heterocycles. The molecule has 0 fully saturated rings. The van der Waals surface area contributed by atoms with Crippen molar-refractivity contribution in [2.75, 3.05) is 31.5 Å². The van der Waals surface area contributed by atoms with E-state index in [0.717, 1.165) is 54.5 Å². The predicted molar refractivity (Wildman–Crippen MR) is 79.6 cm³/mol. The number of H-pyrrole nitrogens is 1. The number of hydrogen-bond donors (Lipinski definition) is 2. The Hall–Kier alpha value is -1.62. The van der Waals surface area contributed by atoms with E-state index in [4.69, 9.17) is 0 Å². The summed E-state index contributed by atoms with van der Waals surface area (Å²) < 4.78 is 0. The number of fused-ring (bicyclic) bond motifs is 1. The van der Waals surface area contributed by atoms with Crippen molar-refractivity contribution in [2.24, 2.45) is 0 Å². The van der Waals surface area contributed by atoms with E-state index in [0.29, 0.717) is 0 Å². The molecule has 0 aromatic carbocycles. The van der Waals surface area contributed by atoms with Crippen molar-refractivity contribution >= 4 is 16.9 Å². The first-order valence-electron chi connectivity index (χ1n) is 6.94. The van der Waals surface area contributed by atoms with Gasteiger partial charge in [-0.05, 0) is 33.0 Å². The molecule has 104 valence electrons. The number of hydrogen-bond acceptors (Lipinski definition) is 4. The SMILES string of the molecule is CCN(CC)CCNc1nc(C)nc2[nH]c(C)cc12. The van der Waals surface area contributed by atoms with E-state index in [9.17, 15) is 0 Å². The van der Waals surface area contributed by atoms with Crippen LogP contribution in [0.4, 0.5) is 5.82 Å². The lowest BCUT2D eigenvalue weighted by atomic mass is 10.3. The fourth-order valence-electron chi connectivity index (χ4n) is 2.26. The first-order chi connectivity index (χ1) is 9.13. The minimum Gasteiger partial charge on any atom is -0.368 e. The van der Waals surface area contributed by atoms with E-state index < -0.39 is 0 Å². The van der Waals surface area contributed by atoms with Crippen LogP contribution >= 0.6 is 0 Å². The van der Waals surface area contributed by atoms with Gasteiger partial charge in [0.2, 0.25) is 0 Å². The standard InChI is InChI=1S/C14H23N5/c1-5-19(6-2)8-7-15-13-12-9-10(3)16-14(12)18-11(4)17-13/h9H,5-8H2,1-4H3,(H2,15,16,17,18). The molecule has 2 rings (SSSR count). The topological polar surface area (TPSA) is 56.8 Å². The highest BCUT2D eigenvalue weighted by Gasteiger charge is 2.08. The van der Waals surface area contributed by atoms with E-state index >= 15 is 0 Å². The zero-order chi connectivity index (χ0) is 13.8. The van der Waals surface area contributed by atoms with Gasteiger partial charge in [0.05, 0.1) is 5.39 Å². The second kappa shape index (κ2) is 6.02. The molecule has 0 aliphatic rings. The number of aromatic amines is 1. The van der Waals surface area contributed by atoms with E-state index in [-0.39, 0.29) is 0 Å². The van der Waals surface area contributed by atoms with Crippen molar-refractivity contribution < 1.29 is 0 Å². The van der Waals surface area contributed by atoms with Crippen LogP contribution in [-0.4, -0.2) is 46.0 Å². The largest absolute Gasteiger partial charge is 0.368 e. The molecule has 0 unspecified atom stereocenters. The predicted octanol–water partition coefficient (Wildman–Crippen LogP) is 2.33. The maximum Gasteiger partial charge on any atom is 0.143 e. The van der Waals surface area contributed by atoms with Crippen LogP contribution in [0.1, 0.15) is 25.4 Å². The second-order valence-corrected chi connectivity index (χ2v) is 4.79. The summed E-state index contributed by atoms with van der Waals surface area (Å²) in [6, 6.07) is 2.09. The van der Waals surface area contributed by atoms with Crippen LogP contribution in [0.5, 0.6) is 0 Å². The maximum atomic E-state index is 4.50. The van der Waals surface area contributed by atoms with Crippen LogP contribution in [-0.2, 0) is 0 Å². The van der Waals surface area contributed by atoms with Crippen molar-refractivity contribution in [3.05, 3.63) is 17.6 Å². The lowest BCUT2D eigenvalue weighted by molar-refractivity contribution is 0.316. The first-order valence-corrected chi connectivity index (χ1v) is 6.94. The van der Waals surface area contributed by atoms with Crippen molar-refractivity contribution in [3.63, 3.8) is 0 Å². The Morgan fingerprint density at radius 1 is 1.21 bits per heavy atom. The lowest BCUT2D eigenvalue weighted by Gasteiger charge is -2.18. The van der Waals surface area contributed by atoms with Gasteiger partial charge in [-0.1, -0.05) is 13.8 Å². The summed E-state index contributed by atoms with van der Waals surface area (Å²) in [6.07, 6.45) is 0. The van der Waals surface area contributed by atoms with Crippen molar-refractivity contribution in [1.29, 1.82) is 0 Å². The van der Waals surface area contributed by atoms with E-state index in [2.05, 4.69) is 45.1 Å². The molecule has 0 spiro atoms. The summed E-state index contributed by atoms with van der Waals surface area (Å²) in [4.78, 5) is 14.6. The number of rotatable bonds is 6. The van der Waals surface area contributed by atoms with Crippen molar-refractivity contribution in [1.82, 2.24) is 19.9 Å². The maximum absolute atomic E-state index is 4.50. The van der Waals surface area contributed by atoms with Gasteiger partial charge in [0.15, 0.2) is 0 Å². The van der Waals surface area contributed by atoms with Gasteiger partial charge < -0.3 is 15.2 Å². The number of nitrogens with zero attached hydrogens (tertiary/aromatic N) is 3. The molecule has 0 bridgehead atoms. The normalized spacial score (nSPS) is 11.4. The Balaban J connectivity index is 2.11. The van der Waals surface area contributed by atoms with Gasteiger partial charge in [0.25, 0.3) is 0 Å². The summed E-state index contributed by atoms with van der Waals surface area (Å²) in [5, 5.41) is 4.50. The molecular weight excluding hydrogens is 238 g/mol. The van der Waals surface area contributed by atoms with Crippen molar-refractivity contribution in [3.8, 4) is 0 Å². The molecular formula is C14H23N5. The summed E-state index contributed by atoms with van der Waals surface area (Å²) >= 11 is 0. The van der Waals surface area contributed by atoms with Gasteiger partial charge in [-0.25, -0.2) is 9.97 Å². The fourth-order valence-corrected chi connectivity index (χ4v) is 2.26. The van der Waals surface area contributed by atoms with E-state index in [1.165, 1.54) is 0 Å². The molecule has 2 heterocycles. The molecule has 19 heavy (non-hydrogen) atoms. The Bertz CT molecular complexity index is 542. The molecule has 0 amide bonds. The minimum atomic E-state index is 0.791. The smallest absolute Gasteiger partial charge is 0.143 e. The number of aryl methyl sites for hydroxylation is 2. The average molecular weight is 261 g/mol. The van der Waals surface area contributed by atoms with Gasteiger partial charge >= 0.3 is 0 Å². The quantitative estimate of drug-likeness (QED) is 0.838. The van der Waals surface area contributed by atoms with Crippen LogP contribution in [0.25, 0.3) is 11.0 Å². The Morgan fingerprint density at radius 3 is 2.63 bits per heavy atom. The third-order valence-corrected chi connectivity index (χ3v) is 3.35. The fraction of sp³-hybridized carbons (Fsp3) is 0.571. The van der Waals surface area contributed by atoms with Gasteiger partial charge in [-0.15, -0.1) is 0 Å². The Kier molecular flexibility index (Phi) is 4.37. The molecule has 0 saturated heterocycles. The first kappa shape index (κ1) is 13.8. The van der Waals surface area contributed by atoms with E-state index in [1.54, 1.807) is 0 Å². The average Bonchev–Trinajstić information content (AvgIpc) is 2.74. The molecule has 2 aromatic rings. The molecule has 2 aromatic heterocycles. The third-order valence-electron chi connectivity index (χ3n) is 3.35. The van der Waals surface area contributed by atoms with Gasteiger partial charge in [-0.2, -0.15) is 0 Å². The third kappa shape index (κ3) is 3.23. The number of aromatic nitrogens is 3. The van der Waals surface area contributed by atoms with Gasteiger partial charge in [0.1, 0.15) is 17.3 Å². The summed E-state index contributed by atoms with van der Waals surface area (Å²) in [7, 11) is 0. The minimum absolute atomic E-state index is 0.791. The lowest BCUT2D eigenvalue weighted by Crippen LogP contribution is -2.28. The molecule has 2 N–H and O–H groups in total. The summed E-state index contributed by atoms with van der Waals surface area (Å²) in [5.41, 5.74) is 2.03. The Labute approximate surface area is 114 Å². The zero-order valence-corrected chi connectivity index (χ0v) is 12.2. The summed E-state index contributed by atoms with van der Waals surface area (Å²) in [5.74, 6) is 1.72. The number of nitrogens with one attached hydrogen (secondary N) is 2. The second-order valence-electron chi connectivity index (χ2n) is 4.79. The van der Waals surface area contributed by atoms with E-state index in [1.807, 2.05) is 13.8 Å². The van der Waals surface area contributed by atoms with Crippen LogP contribution in [0.15, 0.2) is 6.07 Å². The molecule has 0 saturated carbocycles. The molecule has 0 atom stereocenters. The molecule has 0 aliphatic carbocycles. The van der Waals surface area contributed by atoms with Gasteiger partial charge in [-0.3, -0.25) is 0 Å². The monoisotopic (exact) mass is 261 g/mol. The van der Waals surface area contributed by atoms with Gasteiger partial charge in [0, 0.05) is 18.8 Å².